The molecule has 158 valence electrons. The first kappa shape index (κ1) is 22.3. The lowest BCUT2D eigenvalue weighted by Crippen LogP contribution is -2.40. The quantitative estimate of drug-likeness (QED) is 0.398. The summed E-state index contributed by atoms with van der Waals surface area (Å²) in [6, 6.07) is 2.38. The van der Waals surface area contributed by atoms with Gasteiger partial charge >= 0.3 is 6.18 Å². The normalized spacial score (nSPS) is 16.1. The van der Waals surface area contributed by atoms with Crippen LogP contribution in [0.1, 0.15) is 31.2 Å². The van der Waals surface area contributed by atoms with Gasteiger partial charge in [-0.1, -0.05) is 0 Å². The van der Waals surface area contributed by atoms with E-state index in [0.717, 1.165) is 69.6 Å². The maximum atomic E-state index is 12.5. The van der Waals surface area contributed by atoms with Gasteiger partial charge in [-0.2, -0.15) is 13.2 Å². The van der Waals surface area contributed by atoms with E-state index in [4.69, 9.17) is 4.74 Å². The molecule has 2 heterocycles. The van der Waals surface area contributed by atoms with Gasteiger partial charge in [-0.3, -0.25) is 4.99 Å². The molecule has 0 aliphatic carbocycles. The lowest BCUT2D eigenvalue weighted by molar-refractivity contribution is -0.137. The fourth-order valence-corrected chi connectivity index (χ4v) is 3.07. The Kier molecular flexibility index (Phi) is 8.82. The minimum atomic E-state index is -4.36. The van der Waals surface area contributed by atoms with Crippen LogP contribution in [0.15, 0.2) is 23.3 Å². The van der Waals surface area contributed by atoms with Gasteiger partial charge in [-0.25, -0.2) is 4.98 Å². The van der Waals surface area contributed by atoms with Crippen LogP contribution in [0, 0.1) is 5.92 Å². The first-order valence-electron chi connectivity index (χ1n) is 9.67. The van der Waals surface area contributed by atoms with Gasteiger partial charge in [-0.05, 0) is 43.7 Å². The van der Waals surface area contributed by atoms with Crippen molar-refractivity contribution < 1.29 is 17.9 Å². The molecule has 6 nitrogen and oxygen atoms in total. The number of aromatic nitrogens is 1. The number of pyridine rings is 1. The Hall–Kier alpha value is -2.03. The predicted octanol–water partition coefficient (Wildman–Crippen LogP) is 3.23. The SMILES string of the molecule is CN=C(NCCCNc1ccc(C(F)(F)F)cn1)N(C)CCC1CCOCC1. The number of anilines is 1. The number of ether oxygens (including phenoxy) is 1. The maximum Gasteiger partial charge on any atom is 0.417 e. The van der Waals surface area contributed by atoms with Crippen LogP contribution in [0.4, 0.5) is 19.0 Å². The molecule has 0 saturated carbocycles. The number of halogens is 3. The highest BCUT2D eigenvalue weighted by molar-refractivity contribution is 5.79. The number of hydrogen-bond donors (Lipinski definition) is 2. The van der Waals surface area contributed by atoms with E-state index >= 15 is 0 Å². The molecule has 1 aromatic heterocycles. The van der Waals surface area contributed by atoms with Crippen molar-refractivity contribution in [1.29, 1.82) is 0 Å². The second kappa shape index (κ2) is 11.1. The molecule has 1 saturated heterocycles. The van der Waals surface area contributed by atoms with E-state index in [9.17, 15) is 13.2 Å². The van der Waals surface area contributed by atoms with E-state index in [0.29, 0.717) is 18.9 Å². The summed E-state index contributed by atoms with van der Waals surface area (Å²) < 4.78 is 42.9. The number of rotatable bonds is 8. The molecule has 0 spiro atoms. The van der Waals surface area contributed by atoms with Gasteiger partial charge in [0.15, 0.2) is 5.96 Å². The highest BCUT2D eigenvalue weighted by Gasteiger charge is 2.30. The van der Waals surface area contributed by atoms with Gasteiger partial charge in [0, 0.05) is 53.1 Å². The van der Waals surface area contributed by atoms with E-state index in [1.54, 1.807) is 7.05 Å². The fourth-order valence-electron chi connectivity index (χ4n) is 3.07. The van der Waals surface area contributed by atoms with Crippen molar-refractivity contribution >= 4 is 11.8 Å². The van der Waals surface area contributed by atoms with Crippen LogP contribution in [0.5, 0.6) is 0 Å². The average molecular weight is 401 g/mol. The minimum absolute atomic E-state index is 0.436. The zero-order valence-electron chi connectivity index (χ0n) is 16.6. The molecular formula is C19H30F3N5O. The van der Waals surface area contributed by atoms with Gasteiger partial charge in [0.05, 0.1) is 5.56 Å². The Bertz CT molecular complexity index is 601. The number of nitrogens with zero attached hydrogens (tertiary/aromatic N) is 3. The number of alkyl halides is 3. The summed E-state index contributed by atoms with van der Waals surface area (Å²) in [6.07, 6.45) is 0.655. The molecule has 0 amide bonds. The highest BCUT2D eigenvalue weighted by atomic mass is 19.4. The van der Waals surface area contributed by atoms with Crippen molar-refractivity contribution in [3.05, 3.63) is 23.9 Å². The fraction of sp³-hybridized carbons (Fsp3) is 0.684. The van der Waals surface area contributed by atoms with Gasteiger partial charge in [0.1, 0.15) is 5.82 Å². The topological polar surface area (TPSA) is 61.8 Å². The van der Waals surface area contributed by atoms with Crippen LogP contribution in [-0.2, 0) is 10.9 Å². The van der Waals surface area contributed by atoms with Crippen LogP contribution >= 0.6 is 0 Å². The van der Waals surface area contributed by atoms with Crippen molar-refractivity contribution in [2.45, 2.75) is 31.9 Å². The first-order valence-corrected chi connectivity index (χ1v) is 9.67. The van der Waals surface area contributed by atoms with Crippen LogP contribution in [0.2, 0.25) is 0 Å². The molecule has 0 atom stereocenters. The van der Waals surface area contributed by atoms with Crippen LogP contribution < -0.4 is 10.6 Å². The second-order valence-corrected chi connectivity index (χ2v) is 6.95. The second-order valence-electron chi connectivity index (χ2n) is 6.95. The first-order chi connectivity index (χ1) is 13.4. The average Bonchev–Trinajstić information content (AvgIpc) is 2.69. The molecule has 28 heavy (non-hydrogen) atoms. The monoisotopic (exact) mass is 401 g/mol. The summed E-state index contributed by atoms with van der Waals surface area (Å²) in [4.78, 5) is 10.2. The molecule has 1 aliphatic heterocycles. The standard InChI is InChI=1S/C19H30F3N5O/c1-23-18(27(2)11-6-15-7-12-28-13-8-15)25-10-3-9-24-17-5-4-16(14-26-17)19(20,21)22/h4-5,14-15H,3,6-13H2,1-2H3,(H,23,25)(H,24,26). The summed E-state index contributed by atoms with van der Waals surface area (Å²) in [5.74, 6) is 2.00. The maximum absolute atomic E-state index is 12.5. The lowest BCUT2D eigenvalue weighted by Gasteiger charge is -2.26. The smallest absolute Gasteiger partial charge is 0.381 e. The van der Waals surface area contributed by atoms with Crippen LogP contribution in [0.3, 0.4) is 0 Å². The Balaban J connectivity index is 1.62. The van der Waals surface area contributed by atoms with Crippen molar-refractivity contribution in [1.82, 2.24) is 15.2 Å². The number of guanidine groups is 1. The summed E-state index contributed by atoms with van der Waals surface area (Å²) in [6.45, 7) is 3.98. The van der Waals surface area contributed by atoms with Crippen LogP contribution in [-0.4, -0.2) is 62.8 Å². The number of hydrogen-bond acceptors (Lipinski definition) is 4. The number of aliphatic imine (C=N–C) groups is 1. The Labute approximate surface area is 164 Å². The van der Waals surface area contributed by atoms with Gasteiger partial charge < -0.3 is 20.3 Å². The van der Waals surface area contributed by atoms with Crippen LogP contribution in [0.25, 0.3) is 0 Å². The minimum Gasteiger partial charge on any atom is -0.381 e. The van der Waals surface area contributed by atoms with Crippen molar-refractivity contribution in [3.63, 3.8) is 0 Å². The third-order valence-electron chi connectivity index (χ3n) is 4.82. The zero-order valence-corrected chi connectivity index (χ0v) is 16.6. The summed E-state index contributed by atoms with van der Waals surface area (Å²) in [7, 11) is 3.79. The van der Waals surface area contributed by atoms with Crippen molar-refractivity contribution in [2.24, 2.45) is 10.9 Å². The predicted molar refractivity (Wildman–Crippen MR) is 104 cm³/mol. The molecule has 9 heteroatoms. The molecule has 2 rings (SSSR count). The molecule has 2 N–H and O–H groups in total. The van der Waals surface area contributed by atoms with E-state index in [2.05, 4.69) is 25.5 Å². The summed E-state index contributed by atoms with van der Waals surface area (Å²) in [5.41, 5.74) is -0.743. The summed E-state index contributed by atoms with van der Waals surface area (Å²) in [5, 5.41) is 6.34. The Morgan fingerprint density at radius 3 is 2.64 bits per heavy atom. The lowest BCUT2D eigenvalue weighted by atomic mass is 9.96. The van der Waals surface area contributed by atoms with Gasteiger partial charge in [0.2, 0.25) is 0 Å². The molecule has 0 bridgehead atoms. The summed E-state index contributed by atoms with van der Waals surface area (Å²) >= 11 is 0. The largest absolute Gasteiger partial charge is 0.417 e. The third-order valence-corrected chi connectivity index (χ3v) is 4.82. The molecule has 1 fully saturated rings. The molecule has 0 radical (unpaired) electrons. The molecule has 0 aromatic carbocycles. The van der Waals surface area contributed by atoms with Crippen molar-refractivity contribution in [3.8, 4) is 0 Å². The van der Waals surface area contributed by atoms with E-state index in [-0.39, 0.29) is 0 Å². The Morgan fingerprint density at radius 2 is 2.04 bits per heavy atom. The Morgan fingerprint density at radius 1 is 1.29 bits per heavy atom. The van der Waals surface area contributed by atoms with Crippen molar-refractivity contribution in [2.75, 3.05) is 52.3 Å². The zero-order chi connectivity index (χ0) is 20.4. The van der Waals surface area contributed by atoms with E-state index in [1.807, 2.05) is 7.05 Å². The van der Waals surface area contributed by atoms with E-state index < -0.39 is 11.7 Å². The number of nitrogens with one attached hydrogen (secondary N) is 2. The molecule has 1 aliphatic rings. The highest BCUT2D eigenvalue weighted by Crippen LogP contribution is 2.28. The molecule has 1 aromatic rings. The van der Waals surface area contributed by atoms with E-state index in [1.165, 1.54) is 6.07 Å². The molecule has 0 unspecified atom stereocenters. The van der Waals surface area contributed by atoms with Gasteiger partial charge in [-0.15, -0.1) is 0 Å². The van der Waals surface area contributed by atoms with Gasteiger partial charge in [0.25, 0.3) is 0 Å². The third kappa shape index (κ3) is 7.53. The molecular weight excluding hydrogens is 371 g/mol.